The number of aryl methyl sites for hydroxylation is 1. The summed E-state index contributed by atoms with van der Waals surface area (Å²) >= 11 is 1.49. The highest BCUT2D eigenvalue weighted by molar-refractivity contribution is 7.13. The van der Waals surface area contributed by atoms with Crippen molar-refractivity contribution in [2.45, 2.75) is 26.7 Å². The van der Waals surface area contributed by atoms with E-state index < -0.39 is 11.4 Å². The highest BCUT2D eigenvalue weighted by Crippen LogP contribution is 2.32. The van der Waals surface area contributed by atoms with Crippen molar-refractivity contribution in [3.63, 3.8) is 0 Å². The number of likely N-dealkylation sites (tertiary alicyclic amines) is 1. The number of aliphatic carboxylic acids is 1. The number of amides is 1. The topological polar surface area (TPSA) is 57.6 Å². The minimum absolute atomic E-state index is 0.0283. The van der Waals surface area contributed by atoms with Crippen LogP contribution in [0.3, 0.4) is 0 Å². The quantitative estimate of drug-likeness (QED) is 0.895. The van der Waals surface area contributed by atoms with Crippen LogP contribution in [-0.4, -0.2) is 35.0 Å². The fraction of sp³-hybridized carbons (Fsp3) is 0.538. The minimum atomic E-state index is -0.762. The van der Waals surface area contributed by atoms with Gasteiger partial charge in [-0.15, -0.1) is 11.3 Å². The average molecular weight is 267 g/mol. The molecule has 0 atom stereocenters. The molecule has 4 nitrogen and oxygen atoms in total. The van der Waals surface area contributed by atoms with Crippen molar-refractivity contribution in [1.29, 1.82) is 0 Å². The monoisotopic (exact) mass is 267 g/mol. The molecule has 1 saturated heterocycles. The second-order valence-corrected chi connectivity index (χ2v) is 6.36. The number of rotatable bonds is 2. The fourth-order valence-electron chi connectivity index (χ4n) is 2.12. The smallest absolute Gasteiger partial charge is 0.309 e. The van der Waals surface area contributed by atoms with Gasteiger partial charge in [0.25, 0.3) is 5.91 Å². The molecule has 1 amide bonds. The highest BCUT2D eigenvalue weighted by atomic mass is 32.1. The van der Waals surface area contributed by atoms with Crippen molar-refractivity contribution in [3.05, 3.63) is 21.9 Å². The van der Waals surface area contributed by atoms with Crippen LogP contribution in [0.4, 0.5) is 0 Å². The van der Waals surface area contributed by atoms with E-state index in [2.05, 4.69) is 0 Å². The van der Waals surface area contributed by atoms with E-state index in [1.165, 1.54) is 11.3 Å². The first kappa shape index (κ1) is 13.1. The zero-order valence-electron chi connectivity index (χ0n) is 10.6. The van der Waals surface area contributed by atoms with Gasteiger partial charge in [-0.05, 0) is 38.8 Å². The minimum Gasteiger partial charge on any atom is -0.481 e. The summed E-state index contributed by atoms with van der Waals surface area (Å²) in [4.78, 5) is 26.9. The van der Waals surface area contributed by atoms with Gasteiger partial charge in [0, 0.05) is 18.0 Å². The van der Waals surface area contributed by atoms with Gasteiger partial charge in [-0.2, -0.15) is 0 Å². The summed E-state index contributed by atoms with van der Waals surface area (Å²) in [5, 5.41) is 9.14. The molecule has 0 radical (unpaired) electrons. The van der Waals surface area contributed by atoms with E-state index in [1.807, 2.05) is 19.1 Å². The molecule has 0 unspecified atom stereocenters. The van der Waals surface area contributed by atoms with Gasteiger partial charge in [-0.1, -0.05) is 0 Å². The molecule has 98 valence electrons. The zero-order chi connectivity index (χ0) is 13.3. The molecule has 0 aromatic carbocycles. The number of carbonyl (C=O) groups is 2. The maximum atomic E-state index is 12.2. The van der Waals surface area contributed by atoms with E-state index in [-0.39, 0.29) is 5.91 Å². The number of nitrogens with zero attached hydrogens (tertiary/aromatic N) is 1. The lowest BCUT2D eigenvalue weighted by atomic mass is 9.80. The molecule has 1 N–H and O–H groups in total. The Balaban J connectivity index is 2.02. The van der Waals surface area contributed by atoms with Crippen molar-refractivity contribution in [2.24, 2.45) is 5.41 Å². The summed E-state index contributed by atoms with van der Waals surface area (Å²) in [5.74, 6) is -0.734. The molecular formula is C13H17NO3S. The first-order chi connectivity index (χ1) is 8.42. The third-order valence-corrected chi connectivity index (χ3v) is 4.61. The Morgan fingerprint density at radius 2 is 1.94 bits per heavy atom. The van der Waals surface area contributed by atoms with E-state index in [4.69, 9.17) is 5.11 Å². The third-order valence-electron chi connectivity index (χ3n) is 3.62. The van der Waals surface area contributed by atoms with Crippen LogP contribution in [0.25, 0.3) is 0 Å². The normalized spacial score (nSPS) is 18.7. The molecule has 5 heteroatoms. The Bertz CT molecular complexity index is 472. The predicted molar refractivity (Wildman–Crippen MR) is 69.9 cm³/mol. The van der Waals surface area contributed by atoms with Crippen molar-refractivity contribution < 1.29 is 14.7 Å². The molecule has 1 aliphatic rings. The summed E-state index contributed by atoms with van der Waals surface area (Å²) < 4.78 is 0. The molecule has 0 bridgehead atoms. The Hall–Kier alpha value is -1.36. The van der Waals surface area contributed by atoms with E-state index >= 15 is 0 Å². The average Bonchev–Trinajstić information content (AvgIpc) is 2.76. The molecule has 0 spiro atoms. The van der Waals surface area contributed by atoms with Gasteiger partial charge >= 0.3 is 5.97 Å². The van der Waals surface area contributed by atoms with Crippen LogP contribution in [0, 0.1) is 12.3 Å². The van der Waals surface area contributed by atoms with Gasteiger partial charge in [0.1, 0.15) is 0 Å². The summed E-state index contributed by atoms with van der Waals surface area (Å²) in [6.45, 7) is 4.78. The second kappa shape index (κ2) is 4.72. The predicted octanol–water partition coefficient (Wildman–Crippen LogP) is 2.38. The van der Waals surface area contributed by atoms with Crippen molar-refractivity contribution in [1.82, 2.24) is 4.90 Å². The Labute approximate surface area is 110 Å². The van der Waals surface area contributed by atoms with Gasteiger partial charge in [-0.25, -0.2) is 0 Å². The van der Waals surface area contributed by atoms with Crippen LogP contribution in [0.1, 0.15) is 34.3 Å². The largest absolute Gasteiger partial charge is 0.481 e. The summed E-state index contributed by atoms with van der Waals surface area (Å²) in [6, 6.07) is 3.77. The van der Waals surface area contributed by atoms with Crippen LogP contribution >= 0.6 is 11.3 Å². The third kappa shape index (κ3) is 2.41. The van der Waals surface area contributed by atoms with Crippen molar-refractivity contribution >= 4 is 23.2 Å². The van der Waals surface area contributed by atoms with Gasteiger partial charge < -0.3 is 10.0 Å². The van der Waals surface area contributed by atoms with E-state index in [1.54, 1.807) is 11.8 Å². The second-order valence-electron chi connectivity index (χ2n) is 5.07. The first-order valence-corrected chi connectivity index (χ1v) is 6.83. The van der Waals surface area contributed by atoms with Crippen LogP contribution in [0.2, 0.25) is 0 Å². The SMILES string of the molecule is Cc1ccc(C(=O)N2CCC(C)(C(=O)O)CC2)s1. The zero-order valence-corrected chi connectivity index (χ0v) is 11.4. The lowest BCUT2D eigenvalue weighted by Gasteiger charge is -2.36. The van der Waals surface area contributed by atoms with Crippen LogP contribution in [0.15, 0.2) is 12.1 Å². The number of piperidine rings is 1. The van der Waals surface area contributed by atoms with Gasteiger partial charge in [0.15, 0.2) is 0 Å². The molecule has 18 heavy (non-hydrogen) atoms. The Morgan fingerprint density at radius 1 is 1.33 bits per heavy atom. The molecule has 1 fully saturated rings. The molecule has 0 saturated carbocycles. The summed E-state index contributed by atoms with van der Waals surface area (Å²) in [6.07, 6.45) is 1.05. The molecular weight excluding hydrogens is 250 g/mol. The molecule has 2 heterocycles. The van der Waals surface area contributed by atoms with E-state index in [0.717, 1.165) is 9.75 Å². The first-order valence-electron chi connectivity index (χ1n) is 6.01. The maximum absolute atomic E-state index is 12.2. The number of thiophene rings is 1. The molecule has 1 aromatic rings. The van der Waals surface area contributed by atoms with Gasteiger partial charge in [0.05, 0.1) is 10.3 Å². The van der Waals surface area contributed by atoms with E-state index in [0.29, 0.717) is 25.9 Å². The fourth-order valence-corrected chi connectivity index (χ4v) is 2.96. The van der Waals surface area contributed by atoms with Crippen LogP contribution in [-0.2, 0) is 4.79 Å². The van der Waals surface area contributed by atoms with Crippen molar-refractivity contribution in [3.8, 4) is 0 Å². The molecule has 1 aliphatic heterocycles. The lowest BCUT2D eigenvalue weighted by molar-refractivity contribution is -0.150. The van der Waals surface area contributed by atoms with Crippen LogP contribution < -0.4 is 0 Å². The number of hydrogen-bond acceptors (Lipinski definition) is 3. The molecule has 1 aromatic heterocycles. The lowest BCUT2D eigenvalue weighted by Crippen LogP contribution is -2.45. The number of carbonyl (C=O) groups excluding carboxylic acids is 1. The van der Waals surface area contributed by atoms with E-state index in [9.17, 15) is 9.59 Å². The Morgan fingerprint density at radius 3 is 2.39 bits per heavy atom. The number of carboxylic acid groups (broad SMARTS) is 1. The maximum Gasteiger partial charge on any atom is 0.309 e. The van der Waals surface area contributed by atoms with Crippen molar-refractivity contribution in [2.75, 3.05) is 13.1 Å². The number of hydrogen-bond donors (Lipinski definition) is 1. The van der Waals surface area contributed by atoms with Gasteiger partial charge in [-0.3, -0.25) is 9.59 Å². The summed E-state index contributed by atoms with van der Waals surface area (Å²) in [7, 11) is 0. The highest BCUT2D eigenvalue weighted by Gasteiger charge is 2.38. The van der Waals surface area contributed by atoms with Crippen LogP contribution in [0.5, 0.6) is 0 Å². The standard InChI is InChI=1S/C13H17NO3S/c1-9-3-4-10(18-9)11(15)14-7-5-13(2,6-8-14)12(16)17/h3-4H,5-8H2,1-2H3,(H,16,17). The summed E-state index contributed by atoms with van der Waals surface area (Å²) in [5.41, 5.74) is -0.678. The van der Waals surface area contributed by atoms with Gasteiger partial charge in [0.2, 0.25) is 0 Å². The number of carboxylic acids is 1. The molecule has 2 rings (SSSR count). The Kier molecular flexibility index (Phi) is 3.43. The molecule has 0 aliphatic carbocycles.